The summed E-state index contributed by atoms with van der Waals surface area (Å²) in [6.45, 7) is 0. The van der Waals surface area contributed by atoms with Gasteiger partial charge in [0.1, 0.15) is 17.5 Å². The molecule has 6 N–H and O–H groups in total. The Morgan fingerprint density at radius 2 is 0.727 bits per heavy atom. The maximum absolute atomic E-state index is 13.5. The molecule has 9 aromatic rings. The Bertz CT molecular complexity index is 3090. The lowest BCUT2D eigenvalue weighted by Gasteiger charge is -2.13. The Kier molecular flexibility index (Phi) is 10.2. The van der Waals surface area contributed by atoms with Gasteiger partial charge in [-0.3, -0.25) is 13.6 Å². The number of halogens is 3. The molecule has 0 fully saturated rings. The van der Waals surface area contributed by atoms with Gasteiger partial charge in [0.25, 0.3) is 0 Å². The van der Waals surface area contributed by atoms with E-state index in [-0.39, 0.29) is 69.5 Å². The number of aryl methyl sites for hydroxylation is 3. The number of fused-ring (bicyclic) bond motifs is 3. The molecular formula is C39H30F3N15O9. The Morgan fingerprint density at radius 3 is 0.985 bits per heavy atom. The van der Waals surface area contributed by atoms with E-state index in [4.69, 9.17) is 30.8 Å². The van der Waals surface area contributed by atoms with Crippen molar-refractivity contribution in [2.45, 2.75) is 56.7 Å². The number of nitrogen functional groups attached to an aromatic ring is 3. The molecule has 1 unspecified atom stereocenters. The van der Waals surface area contributed by atoms with E-state index in [1.165, 1.54) is 50.1 Å². The van der Waals surface area contributed by atoms with Crippen LogP contribution in [0.3, 0.4) is 0 Å². The fourth-order valence-corrected chi connectivity index (χ4v) is 8.58. The smallest absolute Gasteiger partial charge is 0.379 e. The zero-order valence-electron chi connectivity index (χ0n) is 33.6. The second-order valence-corrected chi connectivity index (χ2v) is 15.1. The first kappa shape index (κ1) is 41.1. The van der Waals surface area contributed by atoms with Gasteiger partial charge in [-0.2, -0.15) is 0 Å². The number of nitrogens with zero attached hydrogens (tertiary/aromatic N) is 12. The minimum Gasteiger partial charge on any atom is -0.379 e. The summed E-state index contributed by atoms with van der Waals surface area (Å²) in [5, 5.41) is 32.4. The monoisotopic (exact) mass is 909 g/mol. The molecule has 0 saturated carbocycles. The molecule has 0 spiro atoms. The summed E-state index contributed by atoms with van der Waals surface area (Å²) < 4.78 is 72.3. The van der Waals surface area contributed by atoms with Gasteiger partial charge in [-0.1, -0.05) is 33.7 Å². The number of anilines is 3. The number of aromatic nitrogens is 12. The highest BCUT2D eigenvalue weighted by atomic mass is 19.1. The molecule has 0 bridgehead atoms. The van der Waals surface area contributed by atoms with Crippen LogP contribution in [0.2, 0.25) is 0 Å². The lowest BCUT2D eigenvalue weighted by Crippen LogP contribution is -2.21. The molecule has 24 nitrogen and oxygen atoms in total. The number of nitrogens with two attached hydrogens (primary N) is 3. The van der Waals surface area contributed by atoms with Crippen molar-refractivity contribution in [2.75, 3.05) is 17.2 Å². The molecule has 12 rings (SSSR count). The first-order chi connectivity index (χ1) is 31.9. The van der Waals surface area contributed by atoms with Crippen molar-refractivity contribution in [3.05, 3.63) is 137 Å². The van der Waals surface area contributed by atoms with Gasteiger partial charge < -0.3 is 17.2 Å². The first-order valence-corrected chi connectivity index (χ1v) is 19.8. The van der Waals surface area contributed by atoms with E-state index >= 15 is 0 Å². The molecule has 0 radical (unpaired) electrons. The summed E-state index contributed by atoms with van der Waals surface area (Å²) >= 11 is 0. The van der Waals surface area contributed by atoms with Gasteiger partial charge in [0.05, 0.1) is 18.1 Å². The number of rotatable bonds is 6. The average molecular weight is 910 g/mol. The maximum atomic E-state index is 13.5. The van der Waals surface area contributed by atoms with Crippen LogP contribution in [0.15, 0.2) is 96.4 Å². The Balaban J connectivity index is 0.000000116. The topological polar surface area (TPSA) is 339 Å². The minimum atomic E-state index is -0.667. The summed E-state index contributed by atoms with van der Waals surface area (Å²) in [4.78, 5) is 36.1. The molecule has 3 atom stereocenters. The molecule has 3 aromatic carbocycles. The van der Waals surface area contributed by atoms with Gasteiger partial charge in [0.15, 0.2) is 34.5 Å². The number of benzene rings is 3. The normalized spacial score (nSPS) is 16.9. The summed E-state index contributed by atoms with van der Waals surface area (Å²) in [7, 11) is 0. The highest BCUT2D eigenvalue weighted by Crippen LogP contribution is 2.39. The lowest BCUT2D eigenvalue weighted by molar-refractivity contribution is 0.309. The fraction of sp³-hybridized carbons (Fsp3) is 0.231. The summed E-state index contributed by atoms with van der Waals surface area (Å²) in [5.41, 5.74) is 22.4. The first-order valence-electron chi connectivity index (χ1n) is 19.8. The molecule has 3 aliphatic rings. The van der Waals surface area contributed by atoms with Crippen molar-refractivity contribution < 1.29 is 40.6 Å². The van der Waals surface area contributed by atoms with Crippen molar-refractivity contribution in [2.24, 2.45) is 0 Å². The van der Waals surface area contributed by atoms with Crippen LogP contribution in [0.1, 0.15) is 70.8 Å². The number of hydrogen-bond donors (Lipinski definition) is 3. The van der Waals surface area contributed by atoms with Gasteiger partial charge in [-0.15, -0.1) is 0 Å². The molecule has 0 saturated heterocycles. The van der Waals surface area contributed by atoms with Crippen LogP contribution in [-0.2, 0) is 19.3 Å². The predicted molar refractivity (Wildman–Crippen MR) is 214 cm³/mol. The van der Waals surface area contributed by atoms with Crippen LogP contribution >= 0.6 is 0 Å². The quantitative estimate of drug-likeness (QED) is 0.215. The van der Waals surface area contributed by atoms with E-state index < -0.39 is 35.4 Å². The van der Waals surface area contributed by atoms with Gasteiger partial charge in [-0.25, -0.2) is 55.1 Å². The lowest BCUT2D eigenvalue weighted by atomic mass is 10.1. The SMILES string of the molecule is Nc1nonc1-c1noc(=O)n1C1CCc2ccc(F)cc21.Nc1nonc1-c1noc(=O)n1[C@@H]1CCc2ccc(F)cc21.Nc1nonc1-c1noc(=O)n1[C@H]1CCc2ccc(F)cc21. The van der Waals surface area contributed by atoms with Crippen LogP contribution in [-0.4, -0.2) is 60.1 Å². The summed E-state index contributed by atoms with van der Waals surface area (Å²) in [5.74, 6) is -2.74. The number of hydrogen-bond acceptors (Lipinski definition) is 21. The third-order valence-corrected chi connectivity index (χ3v) is 11.5. The van der Waals surface area contributed by atoms with Crippen molar-refractivity contribution in [1.82, 2.24) is 60.1 Å². The second kappa shape index (κ2) is 16.3. The fourth-order valence-electron chi connectivity index (χ4n) is 8.58. The Labute approximate surface area is 363 Å². The van der Waals surface area contributed by atoms with Gasteiger partial charge in [0, 0.05) is 0 Å². The molecule has 6 heterocycles. The second-order valence-electron chi connectivity index (χ2n) is 15.1. The van der Waals surface area contributed by atoms with Crippen LogP contribution in [0.25, 0.3) is 34.6 Å². The third kappa shape index (κ3) is 7.15. The molecule has 336 valence electrons. The highest BCUT2D eigenvalue weighted by Gasteiger charge is 2.34. The van der Waals surface area contributed by atoms with E-state index in [2.05, 4.69) is 60.3 Å². The molecular weight excluding hydrogens is 880 g/mol. The van der Waals surface area contributed by atoms with Crippen molar-refractivity contribution in [1.29, 1.82) is 0 Å². The van der Waals surface area contributed by atoms with E-state index in [1.807, 2.05) is 0 Å². The standard InChI is InChI=1S/3C13H10FN5O3/c3*14-7-3-1-6-2-4-9(8(6)5-7)19-12(18-21-13(19)20)10-11(15)17-22-16-10/h3*1,3,5,9H,2,4H2,(H2,15,17)/t2*9-;/m10./s1. The molecule has 0 amide bonds. The van der Waals surface area contributed by atoms with Gasteiger partial charge in [0.2, 0.25) is 17.5 Å². The highest BCUT2D eigenvalue weighted by molar-refractivity contribution is 5.64. The molecule has 6 aromatic heterocycles. The van der Waals surface area contributed by atoms with E-state index in [0.29, 0.717) is 19.3 Å². The van der Waals surface area contributed by atoms with Crippen molar-refractivity contribution in [3.63, 3.8) is 0 Å². The van der Waals surface area contributed by atoms with Gasteiger partial charge >= 0.3 is 17.3 Å². The molecule has 27 heteroatoms. The van der Waals surface area contributed by atoms with Crippen molar-refractivity contribution >= 4 is 17.5 Å². The summed E-state index contributed by atoms with van der Waals surface area (Å²) in [6.07, 6.45) is 4.05. The average Bonchev–Trinajstić information content (AvgIpc) is 4.15. The zero-order valence-corrected chi connectivity index (χ0v) is 33.6. The Hall–Kier alpha value is -8.91. The minimum absolute atomic E-state index is 0.000451. The predicted octanol–water partition coefficient (Wildman–Crippen LogP) is 3.43. The van der Waals surface area contributed by atoms with Gasteiger partial charge in [-0.05, 0) is 139 Å². The Morgan fingerprint density at radius 1 is 0.439 bits per heavy atom. The van der Waals surface area contributed by atoms with E-state index in [1.54, 1.807) is 18.2 Å². The van der Waals surface area contributed by atoms with Crippen LogP contribution < -0.4 is 34.5 Å². The zero-order chi connectivity index (χ0) is 45.8. The van der Waals surface area contributed by atoms with Crippen LogP contribution in [0.4, 0.5) is 30.6 Å². The largest absolute Gasteiger partial charge is 0.442 e. The molecule has 3 aliphatic carbocycles. The van der Waals surface area contributed by atoms with E-state index in [0.717, 1.165) is 52.6 Å². The maximum Gasteiger partial charge on any atom is 0.442 e. The van der Waals surface area contributed by atoms with Crippen LogP contribution in [0.5, 0.6) is 0 Å². The molecule has 66 heavy (non-hydrogen) atoms. The van der Waals surface area contributed by atoms with Crippen molar-refractivity contribution in [3.8, 4) is 34.6 Å². The third-order valence-electron chi connectivity index (χ3n) is 11.5. The molecule has 0 aliphatic heterocycles. The summed E-state index contributed by atoms with van der Waals surface area (Å²) in [6, 6.07) is 12.4. The van der Waals surface area contributed by atoms with Crippen LogP contribution in [0, 0.1) is 17.5 Å². The van der Waals surface area contributed by atoms with E-state index in [9.17, 15) is 27.6 Å².